The molecule has 0 radical (unpaired) electrons. The van der Waals surface area contributed by atoms with Gasteiger partial charge in [-0.2, -0.15) is 0 Å². The van der Waals surface area contributed by atoms with Gasteiger partial charge in [0.15, 0.2) is 11.6 Å². The monoisotopic (exact) mass is 1230 g/mol. The van der Waals surface area contributed by atoms with Crippen molar-refractivity contribution >= 4 is 117 Å². The van der Waals surface area contributed by atoms with Crippen molar-refractivity contribution in [2.75, 3.05) is 0 Å². The molecule has 0 atom stereocenters. The summed E-state index contributed by atoms with van der Waals surface area (Å²) >= 11 is 3.46. The van der Waals surface area contributed by atoms with Gasteiger partial charge in [-0.05, 0) is 147 Å². The molecule has 4 nitrogen and oxygen atoms in total. The van der Waals surface area contributed by atoms with Crippen molar-refractivity contribution in [3.8, 4) is 89.8 Å². The van der Waals surface area contributed by atoms with Crippen LogP contribution in [0, 0.1) is 0 Å². The van der Waals surface area contributed by atoms with Crippen LogP contribution < -0.4 is 0 Å². The average molecular weight is 1230 g/mol. The van der Waals surface area contributed by atoms with E-state index in [4.69, 9.17) is 19.9 Å². The Bertz CT molecular complexity index is 6150. The fourth-order valence-electron chi connectivity index (χ4n) is 13.8. The molecule has 19 aromatic rings. The van der Waals surface area contributed by atoms with Crippen molar-refractivity contribution in [1.29, 1.82) is 0 Å². The molecule has 0 saturated carbocycles. The van der Waals surface area contributed by atoms with Crippen molar-refractivity contribution in [3.05, 3.63) is 328 Å². The molecule has 0 aliphatic rings. The van der Waals surface area contributed by atoms with Crippen molar-refractivity contribution in [2.45, 2.75) is 0 Å². The molecule has 6 heteroatoms. The quantitative estimate of drug-likeness (QED) is 0.142. The number of hydrogen-bond donors (Lipinski definition) is 0. The fraction of sp³-hybridized carbons (Fsp3) is 0. The predicted molar refractivity (Wildman–Crippen MR) is 401 cm³/mol. The smallest absolute Gasteiger partial charge is 0.161 e. The number of nitrogens with zero attached hydrogens (tertiary/aromatic N) is 4. The van der Waals surface area contributed by atoms with Crippen molar-refractivity contribution in [3.63, 3.8) is 0 Å². The van der Waals surface area contributed by atoms with Gasteiger partial charge >= 0.3 is 0 Å². The first kappa shape index (κ1) is 55.1. The van der Waals surface area contributed by atoms with E-state index in [9.17, 15) is 0 Å². The Morgan fingerprint density at radius 3 is 0.979 bits per heavy atom. The van der Waals surface area contributed by atoms with E-state index in [0.717, 1.165) is 82.4 Å². The van der Waals surface area contributed by atoms with Crippen LogP contribution in [-0.4, -0.2) is 19.9 Å². The van der Waals surface area contributed by atoms with E-state index in [2.05, 4.69) is 315 Å². The lowest BCUT2D eigenvalue weighted by molar-refractivity contribution is 1.24. The second-order valence-corrected chi connectivity index (χ2v) is 26.0. The zero-order valence-electron chi connectivity index (χ0n) is 50.8. The Balaban J connectivity index is 0.000000138. The summed E-state index contributed by atoms with van der Waals surface area (Å²) in [6.07, 6.45) is 0. The molecule has 19 rings (SSSR count). The summed E-state index contributed by atoms with van der Waals surface area (Å²) in [5.41, 5.74) is 15.6. The molecule has 15 aromatic carbocycles. The summed E-state index contributed by atoms with van der Waals surface area (Å²) in [5.74, 6) is 1.48. The van der Waals surface area contributed by atoms with Gasteiger partial charge < -0.3 is 0 Å². The molecular formula is C88H54N4S2. The molecule has 0 bridgehead atoms. The summed E-state index contributed by atoms with van der Waals surface area (Å²) < 4.78 is 2.45. The van der Waals surface area contributed by atoms with Crippen LogP contribution in [-0.2, 0) is 0 Å². The highest BCUT2D eigenvalue weighted by atomic mass is 32.1. The maximum absolute atomic E-state index is 5.23. The lowest BCUT2D eigenvalue weighted by Crippen LogP contribution is -1.94. The first-order valence-electron chi connectivity index (χ1n) is 31.7. The first-order chi connectivity index (χ1) is 46.6. The lowest BCUT2D eigenvalue weighted by Gasteiger charge is -2.13. The van der Waals surface area contributed by atoms with E-state index in [0.29, 0.717) is 0 Å². The van der Waals surface area contributed by atoms with Gasteiger partial charge in [-0.3, -0.25) is 0 Å². The normalized spacial score (nSPS) is 11.6. The van der Waals surface area contributed by atoms with Crippen LogP contribution in [0.15, 0.2) is 328 Å². The maximum atomic E-state index is 5.23. The molecule has 0 aliphatic heterocycles. The SMILES string of the molecule is c1ccc(-c2nc(-c3cccc(-c4cccc(-c5ccc6c(ccc7ccccc76)c5)c4)c3)nc3sc4ccccc4c23)cc1.c1ccc(-c2nc(-c3cccc(-c4cccc(-c5ccc6c7ccccc7c7ccccc7c6c5)c4)c3)nc3sc4ccccc4c23)cc1. The number of rotatable bonds is 8. The minimum atomic E-state index is 0.740. The minimum Gasteiger partial charge on any atom is -0.227 e. The van der Waals surface area contributed by atoms with Crippen LogP contribution in [0.3, 0.4) is 0 Å². The number of hydrogen-bond acceptors (Lipinski definition) is 6. The van der Waals surface area contributed by atoms with Gasteiger partial charge in [-0.15, -0.1) is 22.7 Å². The Hall–Kier alpha value is -11.8. The predicted octanol–water partition coefficient (Wildman–Crippen LogP) is 24.8. The summed E-state index contributed by atoms with van der Waals surface area (Å²) in [7, 11) is 0. The molecule has 94 heavy (non-hydrogen) atoms. The van der Waals surface area contributed by atoms with Crippen LogP contribution in [0.1, 0.15) is 0 Å². The van der Waals surface area contributed by atoms with Gasteiger partial charge in [0.05, 0.1) is 11.4 Å². The highest BCUT2D eigenvalue weighted by molar-refractivity contribution is 7.26. The van der Waals surface area contributed by atoms with Crippen LogP contribution in [0.4, 0.5) is 0 Å². The number of benzene rings is 15. The molecule has 0 spiro atoms. The fourth-order valence-corrected chi connectivity index (χ4v) is 16.0. The van der Waals surface area contributed by atoms with Crippen LogP contribution in [0.5, 0.6) is 0 Å². The molecule has 0 fully saturated rings. The maximum Gasteiger partial charge on any atom is 0.161 e. The van der Waals surface area contributed by atoms with Gasteiger partial charge in [-0.25, -0.2) is 19.9 Å². The van der Waals surface area contributed by atoms with Crippen LogP contribution >= 0.6 is 22.7 Å². The first-order valence-corrected chi connectivity index (χ1v) is 33.4. The van der Waals surface area contributed by atoms with Crippen LogP contribution in [0.25, 0.3) is 184 Å². The van der Waals surface area contributed by atoms with E-state index >= 15 is 0 Å². The third kappa shape index (κ3) is 9.83. The van der Waals surface area contributed by atoms with E-state index in [1.807, 2.05) is 12.1 Å². The Kier molecular flexibility index (Phi) is 13.6. The van der Waals surface area contributed by atoms with Gasteiger partial charge in [0, 0.05) is 53.2 Å². The summed E-state index contributed by atoms with van der Waals surface area (Å²) in [6, 6.07) is 117. The van der Waals surface area contributed by atoms with Gasteiger partial charge in [0.1, 0.15) is 9.66 Å². The zero-order valence-corrected chi connectivity index (χ0v) is 52.4. The summed E-state index contributed by atoms with van der Waals surface area (Å²) in [6.45, 7) is 0. The van der Waals surface area contributed by atoms with E-state index in [-0.39, 0.29) is 0 Å². The topological polar surface area (TPSA) is 51.6 Å². The number of aromatic nitrogens is 4. The Morgan fingerprint density at radius 1 is 0.181 bits per heavy atom. The average Bonchev–Trinajstić information content (AvgIpc) is 1.19. The zero-order chi connectivity index (χ0) is 62.1. The molecule has 0 N–H and O–H groups in total. The molecule has 0 saturated heterocycles. The highest BCUT2D eigenvalue weighted by Gasteiger charge is 2.20. The van der Waals surface area contributed by atoms with Crippen LogP contribution in [0.2, 0.25) is 0 Å². The highest BCUT2D eigenvalue weighted by Crippen LogP contribution is 2.44. The molecule has 0 amide bonds. The van der Waals surface area contributed by atoms with Gasteiger partial charge in [0.25, 0.3) is 0 Å². The summed E-state index contributed by atoms with van der Waals surface area (Å²) in [4.78, 5) is 22.7. The third-order valence-electron chi connectivity index (χ3n) is 18.4. The molecule has 0 aliphatic carbocycles. The second kappa shape index (κ2) is 23.2. The minimum absolute atomic E-state index is 0.740. The largest absolute Gasteiger partial charge is 0.227 e. The molecule has 4 heterocycles. The number of thiophene rings is 2. The van der Waals surface area contributed by atoms with E-state index in [1.165, 1.54) is 102 Å². The van der Waals surface area contributed by atoms with Crippen molar-refractivity contribution in [2.24, 2.45) is 0 Å². The van der Waals surface area contributed by atoms with E-state index < -0.39 is 0 Å². The molecule has 4 aromatic heterocycles. The summed E-state index contributed by atoms with van der Waals surface area (Å²) in [5, 5.41) is 17.5. The van der Waals surface area contributed by atoms with Gasteiger partial charge in [-0.1, -0.05) is 279 Å². The van der Waals surface area contributed by atoms with Gasteiger partial charge in [0.2, 0.25) is 0 Å². The lowest BCUT2D eigenvalue weighted by atomic mass is 9.91. The Labute approximate surface area is 550 Å². The standard InChI is InChI=1S/C46H28N2S.C42H26N2S/c1-2-12-29(13-3-1)44-43-40-22-8-9-23-42(40)49-46(43)48-45(47-44)34-17-11-16-32(27-34)30-14-10-15-31(26-30)33-24-25-39-37-20-5-4-18-35(37)36-19-6-7-21-38(36)41(39)28-33;1-2-11-28(12-3-1)40-39-37-18-6-7-19-38(37)45-42(39)44-41(43-40)34-16-9-15-31(26-34)29-13-8-14-30(24-29)32-22-23-36-33(25-32)21-20-27-10-4-5-17-35(27)36/h1-28H;1-26H. The molecular weight excluding hydrogens is 1180 g/mol. The van der Waals surface area contributed by atoms with Crippen molar-refractivity contribution in [1.82, 2.24) is 19.9 Å². The third-order valence-corrected chi connectivity index (χ3v) is 20.5. The Morgan fingerprint density at radius 2 is 0.500 bits per heavy atom. The number of fused-ring (bicyclic) bond motifs is 15. The molecule has 438 valence electrons. The molecule has 0 unspecified atom stereocenters. The van der Waals surface area contributed by atoms with Crippen molar-refractivity contribution < 1.29 is 0 Å². The second-order valence-electron chi connectivity index (χ2n) is 24.0. The van der Waals surface area contributed by atoms with E-state index in [1.54, 1.807) is 22.7 Å².